The molecule has 1 heterocycles. The van der Waals surface area contributed by atoms with Gasteiger partial charge in [-0.25, -0.2) is 0 Å². The van der Waals surface area contributed by atoms with Crippen molar-refractivity contribution in [3.05, 3.63) is 46.8 Å². The van der Waals surface area contributed by atoms with Crippen molar-refractivity contribution >= 4 is 5.95 Å². The first-order valence-electron chi connectivity index (χ1n) is 3.74. The zero-order valence-corrected chi connectivity index (χ0v) is 7.97. The predicted molar refractivity (Wildman–Crippen MR) is 45.6 cm³/mol. The molecule has 0 aliphatic carbocycles. The van der Waals surface area contributed by atoms with Gasteiger partial charge in [0.15, 0.2) is 0 Å². The van der Waals surface area contributed by atoms with Crippen LogP contribution in [0.25, 0.3) is 0 Å². The minimum absolute atomic E-state index is 0.159. The van der Waals surface area contributed by atoms with E-state index in [1.165, 1.54) is 0 Å². The summed E-state index contributed by atoms with van der Waals surface area (Å²) in [6, 6.07) is 0. The van der Waals surface area contributed by atoms with Gasteiger partial charge in [0.05, 0.1) is 5.10 Å². The van der Waals surface area contributed by atoms with Gasteiger partial charge in [-0.2, -0.15) is 0 Å². The molecule has 1 rings (SSSR count). The third kappa shape index (κ3) is 1.54. The second-order valence-electron chi connectivity index (χ2n) is 2.62. The van der Waals surface area contributed by atoms with E-state index in [9.17, 15) is 40.5 Å². The fourth-order valence-electron chi connectivity index (χ4n) is 0.933. The van der Waals surface area contributed by atoms with Gasteiger partial charge in [0.2, 0.25) is 21.1 Å². The van der Waals surface area contributed by atoms with E-state index in [0.29, 0.717) is 0 Å². The quantitative estimate of drug-likeness (QED) is 0.344. The van der Waals surface area contributed by atoms with Gasteiger partial charge in [-0.15, -0.1) is 0 Å². The number of hydrogen-bond acceptors (Lipinski definition) is 10. The second-order valence-corrected chi connectivity index (χ2v) is 2.62. The molecule has 15 heteroatoms. The van der Waals surface area contributed by atoms with Gasteiger partial charge >= 0.3 is 11.9 Å². The van der Waals surface area contributed by atoms with E-state index >= 15 is 0 Å². The molecule has 0 N–H and O–H groups in total. The largest absolute Gasteiger partial charge is 0.834 e. The molecule has 0 aliphatic rings. The lowest BCUT2D eigenvalue weighted by molar-refractivity contribution is -1.01. The smallest absolute Gasteiger partial charge is 0.390 e. The van der Waals surface area contributed by atoms with Gasteiger partial charge in [0.25, 0.3) is 0 Å². The Morgan fingerprint density at radius 2 is 1.44 bits per heavy atom. The summed E-state index contributed by atoms with van der Waals surface area (Å²) in [7, 11) is 0. The van der Waals surface area contributed by atoms with Gasteiger partial charge < -0.3 is 10.1 Å². The van der Waals surface area contributed by atoms with Crippen molar-refractivity contribution in [2.45, 2.75) is 5.91 Å². The number of hydrogen-bond donors (Lipinski definition) is 0. The molecule has 15 nitrogen and oxygen atoms in total. The Morgan fingerprint density at radius 3 is 1.72 bits per heavy atom. The minimum Gasteiger partial charge on any atom is -0.390 e. The molecule has 1 aromatic heterocycles. The molecule has 0 atom stereocenters. The standard InChI is InChI=1S/C3HN7O8/c11-7(12)2-4-1-6(5-2)3(8(13)14,9(15)16)10(17)18/h1H. The molecule has 0 unspecified atom stereocenters. The van der Waals surface area contributed by atoms with Crippen molar-refractivity contribution in [2.75, 3.05) is 0 Å². The van der Waals surface area contributed by atoms with E-state index in [4.69, 9.17) is 0 Å². The molecule has 0 bridgehead atoms. The molecule has 0 aliphatic heterocycles. The first-order chi connectivity index (χ1) is 8.24. The highest BCUT2D eigenvalue weighted by Crippen LogP contribution is 2.19. The maximum atomic E-state index is 10.5. The Bertz CT molecular complexity index is 511. The van der Waals surface area contributed by atoms with E-state index in [1.54, 1.807) is 0 Å². The fraction of sp³-hybridized carbons (Fsp3) is 0.333. The highest BCUT2D eigenvalue weighted by Gasteiger charge is 2.77. The van der Waals surface area contributed by atoms with Crippen molar-refractivity contribution < 1.29 is 19.7 Å². The van der Waals surface area contributed by atoms with Crippen molar-refractivity contribution in [1.82, 2.24) is 14.8 Å². The van der Waals surface area contributed by atoms with Gasteiger partial charge in [0.1, 0.15) is 0 Å². The highest BCUT2D eigenvalue weighted by molar-refractivity contribution is 4.97. The Labute approximate surface area is 94.2 Å². The van der Waals surface area contributed by atoms with Gasteiger partial charge in [-0.3, -0.25) is 30.3 Å². The zero-order chi connectivity index (χ0) is 14.1. The van der Waals surface area contributed by atoms with Crippen LogP contribution in [0.15, 0.2) is 6.33 Å². The molecule has 0 fully saturated rings. The maximum absolute atomic E-state index is 10.5. The molecule has 18 heavy (non-hydrogen) atoms. The second kappa shape index (κ2) is 3.96. The molecular formula is C3HN7O8. The first-order valence-corrected chi connectivity index (χ1v) is 3.74. The van der Waals surface area contributed by atoms with Crippen LogP contribution in [0, 0.1) is 40.5 Å². The average Bonchev–Trinajstić information content (AvgIpc) is 2.66. The lowest BCUT2D eigenvalue weighted by Crippen LogP contribution is -2.55. The Balaban J connectivity index is 3.52. The summed E-state index contributed by atoms with van der Waals surface area (Å²) in [5.74, 6) is -5.34. The van der Waals surface area contributed by atoms with Crippen LogP contribution >= 0.6 is 0 Å². The monoisotopic (exact) mass is 263 g/mol. The summed E-state index contributed by atoms with van der Waals surface area (Å²) >= 11 is 0. The van der Waals surface area contributed by atoms with Crippen LogP contribution in [-0.2, 0) is 5.91 Å². The molecule has 0 spiro atoms. The molecule has 0 saturated carbocycles. The van der Waals surface area contributed by atoms with Crippen LogP contribution in [0.4, 0.5) is 5.95 Å². The third-order valence-electron chi connectivity index (χ3n) is 1.69. The van der Waals surface area contributed by atoms with Crippen molar-refractivity contribution in [2.24, 2.45) is 0 Å². The average molecular weight is 263 g/mol. The van der Waals surface area contributed by atoms with Gasteiger partial charge in [-0.1, -0.05) is 4.98 Å². The highest BCUT2D eigenvalue weighted by atomic mass is 16.7. The van der Waals surface area contributed by atoms with Crippen LogP contribution in [-0.4, -0.2) is 34.5 Å². The molecule has 0 aromatic carbocycles. The molecule has 96 valence electrons. The lowest BCUT2D eigenvalue weighted by atomic mass is 10.6. The summed E-state index contributed by atoms with van der Waals surface area (Å²) in [5.41, 5.74) is 0. The Hall–Kier alpha value is -3.26. The summed E-state index contributed by atoms with van der Waals surface area (Å²) in [5, 5.41) is 44.6. The molecular weight excluding hydrogens is 262 g/mol. The van der Waals surface area contributed by atoms with E-state index < -0.39 is 36.2 Å². The minimum atomic E-state index is -4.10. The van der Waals surface area contributed by atoms with Crippen LogP contribution in [0.1, 0.15) is 0 Å². The number of aromatic nitrogens is 3. The summed E-state index contributed by atoms with van der Waals surface area (Å²) in [4.78, 5) is 37.9. The van der Waals surface area contributed by atoms with Gasteiger partial charge in [-0.05, 0) is 4.92 Å². The van der Waals surface area contributed by atoms with E-state index in [1.807, 2.05) is 0 Å². The number of nitrogens with zero attached hydrogens (tertiary/aromatic N) is 7. The van der Waals surface area contributed by atoms with Crippen LogP contribution in [0.3, 0.4) is 0 Å². The van der Waals surface area contributed by atoms with Crippen LogP contribution in [0.5, 0.6) is 0 Å². The first kappa shape index (κ1) is 12.8. The Morgan fingerprint density at radius 1 is 1.00 bits per heavy atom. The Kier molecular flexibility index (Phi) is 2.82. The molecule has 0 amide bonds. The normalized spacial score (nSPS) is 10.9. The number of nitro groups is 4. The number of rotatable bonds is 5. The molecule has 0 radical (unpaired) electrons. The van der Waals surface area contributed by atoms with Crippen LogP contribution < -0.4 is 0 Å². The SMILES string of the molecule is O=[N+]([O-])c1ncn(C([N+](=O)[O-])([N+](=O)[O-])[N+](=O)[O-])n1. The topological polar surface area (TPSA) is 203 Å². The lowest BCUT2D eigenvalue weighted by Gasteiger charge is -2.04. The van der Waals surface area contributed by atoms with Gasteiger partial charge in [0, 0.05) is 4.68 Å². The van der Waals surface area contributed by atoms with E-state index in [0.717, 1.165) is 0 Å². The van der Waals surface area contributed by atoms with E-state index in [-0.39, 0.29) is 6.33 Å². The molecule has 0 saturated heterocycles. The summed E-state index contributed by atoms with van der Waals surface area (Å²) in [6.07, 6.45) is 0.159. The van der Waals surface area contributed by atoms with Crippen molar-refractivity contribution in [3.63, 3.8) is 0 Å². The third-order valence-corrected chi connectivity index (χ3v) is 1.69. The van der Waals surface area contributed by atoms with Crippen molar-refractivity contribution in [3.8, 4) is 0 Å². The van der Waals surface area contributed by atoms with E-state index in [2.05, 4.69) is 10.1 Å². The molecule has 1 aromatic rings. The maximum Gasteiger partial charge on any atom is 0.834 e. The fourth-order valence-corrected chi connectivity index (χ4v) is 0.933. The summed E-state index contributed by atoms with van der Waals surface area (Å²) < 4.78 is -0.412. The predicted octanol–water partition coefficient (Wildman–Crippen LogP) is -1.42. The summed E-state index contributed by atoms with van der Waals surface area (Å²) in [6.45, 7) is 0. The van der Waals surface area contributed by atoms with Crippen molar-refractivity contribution in [1.29, 1.82) is 0 Å². The zero-order valence-electron chi connectivity index (χ0n) is 7.97. The van der Waals surface area contributed by atoms with Crippen LogP contribution in [0.2, 0.25) is 0 Å².